The van der Waals surface area contributed by atoms with Gasteiger partial charge in [-0.2, -0.15) is 13.2 Å². The molecule has 2 aromatic heterocycles. The summed E-state index contributed by atoms with van der Waals surface area (Å²) in [6, 6.07) is 4.84. The van der Waals surface area contributed by atoms with E-state index in [1.54, 1.807) is 4.90 Å². The molecule has 36 heavy (non-hydrogen) atoms. The Kier molecular flexibility index (Phi) is 4.56. The molecule has 188 valence electrons. The molecule has 0 amide bonds. The highest BCUT2D eigenvalue weighted by atomic mass is 19.4. The molecule has 5 heterocycles. The summed E-state index contributed by atoms with van der Waals surface area (Å²) in [6.07, 6.45) is -4.04. The lowest BCUT2D eigenvalue weighted by Gasteiger charge is -2.38. The first-order valence-electron chi connectivity index (χ1n) is 11.7. The third-order valence-corrected chi connectivity index (χ3v) is 6.22. The standard InChI is InChI=1S/C23H17F5N4O4/c24-15-5-12(6-16(25)19(15)35-13-1-3-29-17(7-13)23(26,27)28)10-34-20-22-8-14(36-20)9-32(22)18-2-4-30-21(33)31(18)11-22/h1-7,14,20H,8-11H2/i11D2. The van der Waals surface area contributed by atoms with E-state index in [-0.39, 0.29) is 12.0 Å². The predicted octanol–water partition coefficient (Wildman–Crippen LogP) is 3.63. The van der Waals surface area contributed by atoms with E-state index in [0.29, 0.717) is 18.4 Å². The van der Waals surface area contributed by atoms with E-state index >= 15 is 0 Å². The summed E-state index contributed by atoms with van der Waals surface area (Å²) < 4.78 is 103. The zero-order valence-electron chi connectivity index (χ0n) is 20.1. The van der Waals surface area contributed by atoms with Crippen LogP contribution in [0.3, 0.4) is 0 Å². The van der Waals surface area contributed by atoms with Crippen LogP contribution in [-0.2, 0) is 28.8 Å². The van der Waals surface area contributed by atoms with Crippen LogP contribution in [0.4, 0.5) is 27.8 Å². The van der Waals surface area contributed by atoms with Crippen LogP contribution in [0.1, 0.15) is 20.4 Å². The Morgan fingerprint density at radius 3 is 2.67 bits per heavy atom. The molecule has 3 aromatic rings. The number of morpholine rings is 1. The summed E-state index contributed by atoms with van der Waals surface area (Å²) in [4.78, 5) is 20.9. The van der Waals surface area contributed by atoms with Crippen LogP contribution in [0.25, 0.3) is 0 Å². The minimum atomic E-state index is -4.77. The van der Waals surface area contributed by atoms with Crippen LogP contribution in [-0.4, -0.2) is 39.0 Å². The molecule has 0 N–H and O–H groups in total. The van der Waals surface area contributed by atoms with Crippen molar-refractivity contribution < 1.29 is 38.9 Å². The first kappa shape index (κ1) is 20.6. The normalized spacial score (nSPS) is 26.4. The van der Waals surface area contributed by atoms with E-state index in [2.05, 4.69) is 9.97 Å². The van der Waals surface area contributed by atoms with E-state index in [4.69, 9.17) is 17.0 Å². The van der Waals surface area contributed by atoms with Gasteiger partial charge in [-0.3, -0.25) is 9.55 Å². The molecule has 2 bridgehead atoms. The molecule has 3 aliphatic heterocycles. The van der Waals surface area contributed by atoms with Crippen molar-refractivity contribution >= 4 is 5.82 Å². The fourth-order valence-corrected chi connectivity index (χ4v) is 4.74. The Morgan fingerprint density at radius 1 is 1.17 bits per heavy atom. The van der Waals surface area contributed by atoms with Crippen molar-refractivity contribution in [2.75, 3.05) is 11.4 Å². The molecular formula is C23H17F5N4O4. The number of hydrogen-bond donors (Lipinski definition) is 0. The van der Waals surface area contributed by atoms with E-state index in [0.717, 1.165) is 29.0 Å². The van der Waals surface area contributed by atoms with Crippen molar-refractivity contribution in [3.05, 3.63) is 76.1 Å². The summed E-state index contributed by atoms with van der Waals surface area (Å²) in [7, 11) is 0. The SMILES string of the molecule is [2H]C1([2H])n2c(ccnc2=O)N2CC3CC21C(OCc1cc(F)c(Oc2ccnc(C(F)(F)F)c2)c(F)c1)O3. The Balaban J connectivity index is 1.23. The summed E-state index contributed by atoms with van der Waals surface area (Å²) in [5.74, 6) is -3.43. The van der Waals surface area contributed by atoms with Gasteiger partial charge in [0.05, 0.1) is 21.9 Å². The zero-order valence-corrected chi connectivity index (χ0v) is 18.1. The second-order valence-corrected chi connectivity index (χ2v) is 8.54. The molecule has 3 aliphatic rings. The molecule has 2 saturated heterocycles. The Hall–Kier alpha value is -3.58. The topological polar surface area (TPSA) is 78.7 Å². The fraction of sp³-hybridized carbons (Fsp3) is 0.348. The van der Waals surface area contributed by atoms with Crippen molar-refractivity contribution in [2.24, 2.45) is 0 Å². The van der Waals surface area contributed by atoms with Gasteiger partial charge in [-0.25, -0.2) is 18.6 Å². The van der Waals surface area contributed by atoms with Crippen LogP contribution in [0.5, 0.6) is 11.5 Å². The number of hydrogen-bond acceptors (Lipinski definition) is 7. The summed E-state index contributed by atoms with van der Waals surface area (Å²) in [6.45, 7) is -2.32. The average molecular weight is 510 g/mol. The summed E-state index contributed by atoms with van der Waals surface area (Å²) in [5.41, 5.74) is -3.45. The molecular weight excluding hydrogens is 491 g/mol. The number of halogens is 5. The zero-order chi connectivity index (χ0) is 27.0. The molecule has 3 unspecified atom stereocenters. The van der Waals surface area contributed by atoms with Gasteiger partial charge in [-0.05, 0) is 29.8 Å². The van der Waals surface area contributed by atoms with Gasteiger partial charge in [0.2, 0.25) is 0 Å². The molecule has 3 atom stereocenters. The predicted molar refractivity (Wildman–Crippen MR) is 112 cm³/mol. The van der Waals surface area contributed by atoms with E-state index in [1.165, 1.54) is 12.3 Å². The number of fused-ring (bicyclic) bond motifs is 3. The molecule has 0 saturated carbocycles. The van der Waals surface area contributed by atoms with Crippen molar-refractivity contribution in [2.45, 2.75) is 43.6 Å². The lowest BCUT2D eigenvalue weighted by atomic mass is 9.98. The molecule has 1 spiro atoms. The highest BCUT2D eigenvalue weighted by Gasteiger charge is 2.63. The van der Waals surface area contributed by atoms with Crippen molar-refractivity contribution in [1.29, 1.82) is 0 Å². The second kappa shape index (κ2) is 7.96. The number of alkyl halides is 3. The van der Waals surface area contributed by atoms with Gasteiger partial charge >= 0.3 is 11.9 Å². The maximum Gasteiger partial charge on any atom is 0.433 e. The number of benzene rings is 1. The van der Waals surface area contributed by atoms with Gasteiger partial charge in [0.1, 0.15) is 22.8 Å². The van der Waals surface area contributed by atoms with E-state index < -0.39 is 71.7 Å². The third-order valence-electron chi connectivity index (χ3n) is 6.22. The lowest BCUT2D eigenvalue weighted by molar-refractivity contribution is -0.174. The van der Waals surface area contributed by atoms with E-state index in [1.807, 2.05) is 0 Å². The van der Waals surface area contributed by atoms with Crippen LogP contribution < -0.4 is 15.3 Å². The summed E-state index contributed by atoms with van der Waals surface area (Å²) >= 11 is 0. The van der Waals surface area contributed by atoms with Crippen LogP contribution in [0.15, 0.2) is 47.5 Å². The van der Waals surface area contributed by atoms with Gasteiger partial charge < -0.3 is 19.1 Å². The van der Waals surface area contributed by atoms with Crippen LogP contribution >= 0.6 is 0 Å². The Morgan fingerprint density at radius 2 is 1.92 bits per heavy atom. The maximum atomic E-state index is 14.7. The van der Waals surface area contributed by atoms with Crippen LogP contribution in [0, 0.1) is 11.6 Å². The molecule has 0 aliphatic carbocycles. The van der Waals surface area contributed by atoms with Crippen molar-refractivity contribution in [1.82, 2.24) is 14.5 Å². The van der Waals surface area contributed by atoms with Gasteiger partial charge in [-0.15, -0.1) is 0 Å². The number of anilines is 1. The smallest absolute Gasteiger partial charge is 0.433 e. The van der Waals surface area contributed by atoms with Crippen molar-refractivity contribution in [3.63, 3.8) is 0 Å². The number of rotatable bonds is 5. The monoisotopic (exact) mass is 510 g/mol. The van der Waals surface area contributed by atoms with Gasteiger partial charge in [0.25, 0.3) is 0 Å². The largest absolute Gasteiger partial charge is 0.451 e. The third kappa shape index (κ3) is 3.61. The van der Waals surface area contributed by atoms with Crippen molar-refractivity contribution in [3.8, 4) is 11.5 Å². The van der Waals surface area contributed by atoms with Gasteiger partial charge in [0, 0.05) is 31.4 Å². The lowest BCUT2D eigenvalue weighted by Crippen LogP contribution is -2.54. The highest BCUT2D eigenvalue weighted by Crippen LogP contribution is 2.50. The van der Waals surface area contributed by atoms with E-state index in [9.17, 15) is 26.7 Å². The maximum absolute atomic E-state index is 14.7. The minimum absolute atomic E-state index is 0.00212. The number of pyridine rings is 1. The van der Waals surface area contributed by atoms with Crippen LogP contribution in [0.2, 0.25) is 0 Å². The molecule has 2 fully saturated rings. The Bertz CT molecular complexity index is 1480. The second-order valence-electron chi connectivity index (χ2n) is 8.54. The van der Waals surface area contributed by atoms with Gasteiger partial charge in [0.15, 0.2) is 23.7 Å². The Labute approximate surface area is 202 Å². The molecule has 8 nitrogen and oxygen atoms in total. The number of nitrogens with zero attached hydrogens (tertiary/aromatic N) is 4. The average Bonchev–Trinajstić information content (AvgIpc) is 3.47. The first-order valence-corrected chi connectivity index (χ1v) is 10.7. The number of ether oxygens (including phenoxy) is 3. The molecule has 0 radical (unpaired) electrons. The first-order chi connectivity index (χ1) is 17.9. The molecule has 6 rings (SSSR count). The number of aromatic nitrogens is 3. The minimum Gasteiger partial charge on any atom is -0.451 e. The fourth-order valence-electron chi connectivity index (χ4n) is 4.74. The van der Waals surface area contributed by atoms with Gasteiger partial charge in [-0.1, -0.05) is 0 Å². The highest BCUT2D eigenvalue weighted by molar-refractivity contribution is 5.51. The molecule has 13 heteroatoms. The summed E-state index contributed by atoms with van der Waals surface area (Å²) in [5, 5.41) is 0. The quantitative estimate of drug-likeness (QED) is 0.485. The molecule has 1 aromatic carbocycles.